The molecule has 7 nitrogen and oxygen atoms in total. The second-order valence-corrected chi connectivity index (χ2v) is 7.05. The highest BCUT2D eigenvalue weighted by molar-refractivity contribution is 5.79. The summed E-state index contributed by atoms with van der Waals surface area (Å²) in [5.41, 5.74) is 1.22. The van der Waals surface area contributed by atoms with E-state index in [0.29, 0.717) is 6.54 Å². The molecular weight excluding hydrogens is 340 g/mol. The zero-order valence-corrected chi connectivity index (χ0v) is 16.5. The summed E-state index contributed by atoms with van der Waals surface area (Å²) < 4.78 is 7.56. The smallest absolute Gasteiger partial charge is 0.191 e. The lowest BCUT2D eigenvalue weighted by Gasteiger charge is -2.32. The monoisotopic (exact) mass is 372 g/mol. The highest BCUT2D eigenvalue weighted by Crippen LogP contribution is 2.25. The van der Waals surface area contributed by atoms with Crippen LogP contribution in [0.2, 0.25) is 0 Å². The zero-order chi connectivity index (χ0) is 18.9. The third kappa shape index (κ3) is 5.85. The number of aryl methyl sites for hydroxylation is 1. The molecule has 1 atom stereocenters. The molecule has 1 fully saturated rings. The molecule has 0 radical (unpaired) electrons. The molecule has 1 unspecified atom stereocenters. The molecule has 2 aromatic heterocycles. The van der Waals surface area contributed by atoms with Crippen LogP contribution in [0.4, 0.5) is 0 Å². The van der Waals surface area contributed by atoms with E-state index >= 15 is 0 Å². The molecule has 7 heteroatoms. The van der Waals surface area contributed by atoms with E-state index in [-0.39, 0.29) is 6.04 Å². The normalized spacial score (nSPS) is 17.0. The minimum atomic E-state index is 0.203. The van der Waals surface area contributed by atoms with Crippen molar-refractivity contribution in [3.05, 3.63) is 42.1 Å². The Morgan fingerprint density at radius 3 is 2.81 bits per heavy atom. The number of nitrogens with zero attached hydrogens (tertiary/aromatic N) is 4. The molecule has 1 saturated heterocycles. The van der Waals surface area contributed by atoms with Gasteiger partial charge in [-0.1, -0.05) is 6.42 Å². The van der Waals surface area contributed by atoms with Crippen molar-refractivity contribution >= 4 is 5.96 Å². The second kappa shape index (κ2) is 10.2. The lowest BCUT2D eigenvalue weighted by atomic mass is 10.1. The van der Waals surface area contributed by atoms with E-state index < -0.39 is 0 Å². The first-order valence-electron chi connectivity index (χ1n) is 10.0. The van der Waals surface area contributed by atoms with Gasteiger partial charge in [-0.3, -0.25) is 14.6 Å². The Morgan fingerprint density at radius 2 is 2.15 bits per heavy atom. The van der Waals surface area contributed by atoms with Crippen LogP contribution in [0, 0.1) is 0 Å². The first kappa shape index (κ1) is 19.5. The van der Waals surface area contributed by atoms with Gasteiger partial charge < -0.3 is 15.1 Å². The van der Waals surface area contributed by atoms with Crippen molar-refractivity contribution in [3.8, 4) is 0 Å². The molecule has 148 valence electrons. The number of hydrogen-bond acceptors (Lipinski definition) is 4. The minimum absolute atomic E-state index is 0.203. The first-order chi connectivity index (χ1) is 13.3. The number of guanidine groups is 1. The Morgan fingerprint density at radius 1 is 1.30 bits per heavy atom. The standard InChI is InChI=1S/C20H32N6O/c1-3-21-20(22-10-9-17-14-24-25(2)16-17)23-15-18(19-8-7-13-27-19)26-11-5-4-6-12-26/h7-8,13-14,16,18H,3-6,9-12,15H2,1-2H3,(H2,21,22,23). The SMILES string of the molecule is CCNC(=NCC(c1ccco1)N1CCCCC1)NCCc1cnn(C)c1. The van der Waals surface area contributed by atoms with Crippen LogP contribution in [-0.2, 0) is 13.5 Å². The molecule has 3 heterocycles. The predicted octanol–water partition coefficient (Wildman–Crippen LogP) is 2.34. The summed E-state index contributed by atoms with van der Waals surface area (Å²) in [5.74, 6) is 1.86. The third-order valence-corrected chi connectivity index (χ3v) is 4.93. The van der Waals surface area contributed by atoms with Gasteiger partial charge in [-0.05, 0) is 57.0 Å². The van der Waals surface area contributed by atoms with Gasteiger partial charge in [-0.15, -0.1) is 0 Å². The number of aliphatic imine (C=N–C) groups is 1. The van der Waals surface area contributed by atoms with Crippen molar-refractivity contribution in [2.45, 2.75) is 38.6 Å². The fourth-order valence-corrected chi connectivity index (χ4v) is 3.54. The van der Waals surface area contributed by atoms with Crippen molar-refractivity contribution in [1.29, 1.82) is 0 Å². The third-order valence-electron chi connectivity index (χ3n) is 4.93. The number of hydrogen-bond donors (Lipinski definition) is 2. The van der Waals surface area contributed by atoms with E-state index in [2.05, 4.69) is 39.8 Å². The van der Waals surface area contributed by atoms with Crippen molar-refractivity contribution < 1.29 is 4.42 Å². The molecule has 2 N–H and O–H groups in total. The molecule has 0 aliphatic carbocycles. The summed E-state index contributed by atoms with van der Waals surface area (Å²) in [6.07, 6.45) is 10.5. The molecule has 0 bridgehead atoms. The van der Waals surface area contributed by atoms with Gasteiger partial charge in [0.15, 0.2) is 5.96 Å². The number of piperidine rings is 1. The van der Waals surface area contributed by atoms with E-state index in [1.807, 2.05) is 24.0 Å². The minimum Gasteiger partial charge on any atom is -0.468 e. The van der Waals surface area contributed by atoms with Crippen LogP contribution in [0.3, 0.4) is 0 Å². The van der Waals surface area contributed by atoms with Gasteiger partial charge in [0.05, 0.1) is 25.0 Å². The summed E-state index contributed by atoms with van der Waals surface area (Å²) in [4.78, 5) is 7.36. The van der Waals surface area contributed by atoms with E-state index in [1.165, 1.54) is 24.8 Å². The molecule has 0 saturated carbocycles. The number of aromatic nitrogens is 2. The number of furan rings is 1. The predicted molar refractivity (Wildman–Crippen MR) is 108 cm³/mol. The van der Waals surface area contributed by atoms with Gasteiger partial charge >= 0.3 is 0 Å². The van der Waals surface area contributed by atoms with Crippen LogP contribution >= 0.6 is 0 Å². The van der Waals surface area contributed by atoms with E-state index in [9.17, 15) is 0 Å². The van der Waals surface area contributed by atoms with Gasteiger partial charge in [0.25, 0.3) is 0 Å². The Labute approximate surface area is 161 Å². The van der Waals surface area contributed by atoms with E-state index in [0.717, 1.165) is 44.3 Å². The van der Waals surface area contributed by atoms with Crippen LogP contribution in [0.25, 0.3) is 0 Å². The summed E-state index contributed by atoms with van der Waals surface area (Å²) in [7, 11) is 1.94. The fourth-order valence-electron chi connectivity index (χ4n) is 3.54. The summed E-state index contributed by atoms with van der Waals surface area (Å²) >= 11 is 0. The van der Waals surface area contributed by atoms with Gasteiger partial charge in [0.1, 0.15) is 5.76 Å². The Bertz CT molecular complexity index is 687. The van der Waals surface area contributed by atoms with E-state index in [4.69, 9.17) is 9.41 Å². The Balaban J connectivity index is 1.60. The molecule has 0 spiro atoms. The van der Waals surface area contributed by atoms with Crippen LogP contribution in [0.15, 0.2) is 40.2 Å². The molecule has 1 aliphatic heterocycles. The van der Waals surface area contributed by atoms with Crippen molar-refractivity contribution in [2.75, 3.05) is 32.7 Å². The number of rotatable bonds is 8. The molecule has 3 rings (SSSR count). The van der Waals surface area contributed by atoms with Crippen molar-refractivity contribution in [2.24, 2.45) is 12.0 Å². The highest BCUT2D eigenvalue weighted by Gasteiger charge is 2.24. The Kier molecular flexibility index (Phi) is 7.33. The topological polar surface area (TPSA) is 70.6 Å². The average molecular weight is 373 g/mol. The maximum atomic E-state index is 5.72. The average Bonchev–Trinajstić information content (AvgIpc) is 3.35. The van der Waals surface area contributed by atoms with Crippen LogP contribution < -0.4 is 10.6 Å². The van der Waals surface area contributed by atoms with Crippen molar-refractivity contribution in [1.82, 2.24) is 25.3 Å². The largest absolute Gasteiger partial charge is 0.468 e. The molecule has 1 aliphatic rings. The molecule has 0 amide bonds. The number of nitrogens with one attached hydrogen (secondary N) is 2. The zero-order valence-electron chi connectivity index (χ0n) is 16.5. The first-order valence-corrected chi connectivity index (χ1v) is 10.0. The van der Waals surface area contributed by atoms with Crippen molar-refractivity contribution in [3.63, 3.8) is 0 Å². The summed E-state index contributed by atoms with van der Waals surface area (Å²) in [5, 5.41) is 11.0. The lowest BCUT2D eigenvalue weighted by molar-refractivity contribution is 0.150. The molecule has 27 heavy (non-hydrogen) atoms. The van der Waals surface area contributed by atoms with E-state index in [1.54, 1.807) is 6.26 Å². The lowest BCUT2D eigenvalue weighted by Crippen LogP contribution is -2.40. The van der Waals surface area contributed by atoms with Crippen LogP contribution in [0.5, 0.6) is 0 Å². The van der Waals surface area contributed by atoms with Crippen LogP contribution in [0.1, 0.15) is 43.6 Å². The Hall–Kier alpha value is -2.28. The second-order valence-electron chi connectivity index (χ2n) is 7.05. The number of likely N-dealkylation sites (tertiary alicyclic amines) is 1. The van der Waals surface area contributed by atoms with Gasteiger partial charge in [-0.2, -0.15) is 5.10 Å². The molecular formula is C20H32N6O. The molecule has 2 aromatic rings. The van der Waals surface area contributed by atoms with Gasteiger partial charge in [0, 0.05) is 26.3 Å². The fraction of sp³-hybridized carbons (Fsp3) is 0.600. The maximum absolute atomic E-state index is 5.72. The summed E-state index contributed by atoms with van der Waals surface area (Å²) in [6, 6.07) is 4.24. The quantitative estimate of drug-likeness (QED) is 0.550. The maximum Gasteiger partial charge on any atom is 0.191 e. The highest BCUT2D eigenvalue weighted by atomic mass is 16.3. The van der Waals surface area contributed by atoms with Gasteiger partial charge in [0.2, 0.25) is 0 Å². The summed E-state index contributed by atoms with van der Waals surface area (Å²) in [6.45, 7) is 6.68. The molecule has 0 aromatic carbocycles. The van der Waals surface area contributed by atoms with Gasteiger partial charge in [-0.25, -0.2) is 0 Å². The van der Waals surface area contributed by atoms with Crippen LogP contribution in [-0.4, -0.2) is 53.4 Å².